The van der Waals surface area contributed by atoms with Crippen molar-refractivity contribution in [1.29, 1.82) is 0 Å². The van der Waals surface area contributed by atoms with E-state index in [1.165, 1.54) is 19.7 Å². The number of aryl methyl sites for hydroxylation is 3. The van der Waals surface area contributed by atoms with Gasteiger partial charge in [0.1, 0.15) is 16.2 Å². The minimum absolute atomic E-state index is 0.220. The number of hydrogen-bond donors (Lipinski definition) is 2. The molecule has 0 radical (unpaired) electrons. The number of fused-ring (bicyclic) bond motifs is 3. The first kappa shape index (κ1) is 29.9. The number of hydrogen-bond acceptors (Lipinski definition) is 11. The molecule has 2 saturated heterocycles. The third-order valence-electron chi connectivity index (χ3n) is 9.64. The van der Waals surface area contributed by atoms with Crippen molar-refractivity contribution in [3.05, 3.63) is 85.9 Å². The molecule has 0 amide bonds. The van der Waals surface area contributed by atoms with Crippen LogP contribution in [0.1, 0.15) is 28.8 Å². The van der Waals surface area contributed by atoms with Gasteiger partial charge in [0.15, 0.2) is 0 Å². The summed E-state index contributed by atoms with van der Waals surface area (Å²) in [5, 5.41) is 19.3. The first-order valence-corrected chi connectivity index (χ1v) is 16.9. The maximum atomic E-state index is 13.7. The number of aliphatic hydroxyl groups is 1. The van der Waals surface area contributed by atoms with E-state index >= 15 is 0 Å². The average Bonchev–Trinajstić information content (AvgIpc) is 3.46. The van der Waals surface area contributed by atoms with Gasteiger partial charge in [-0.1, -0.05) is 0 Å². The molecule has 8 rings (SSSR count). The number of aromatic nitrogens is 5. The van der Waals surface area contributed by atoms with Crippen molar-refractivity contribution >= 4 is 38.6 Å². The standard InChI is InChI=1S/C34H36N8O4S/c1-39-17-21(12-28(33(39)44)38-31-7-6-22(13-36-31)40-8-10-41(11-9-40)23-19-46-20-23)25-14-35-16-29(27(25)18-43)42-34(45)32-26(15-37-42)24-4-2-3-5-30(24)47-32/h6-7,12-17,23,43H,2-5,8-11,18-20H2,1H3,(H,36,38). The maximum absolute atomic E-state index is 13.7. The van der Waals surface area contributed by atoms with Gasteiger partial charge in [0.05, 0.1) is 55.8 Å². The molecule has 0 saturated carbocycles. The summed E-state index contributed by atoms with van der Waals surface area (Å²) in [4.78, 5) is 42.1. The second-order valence-corrected chi connectivity index (χ2v) is 13.6. The Labute approximate surface area is 274 Å². The third-order valence-corrected chi connectivity index (χ3v) is 10.9. The van der Waals surface area contributed by atoms with Crippen molar-refractivity contribution in [1.82, 2.24) is 29.2 Å². The van der Waals surface area contributed by atoms with Gasteiger partial charge < -0.3 is 24.6 Å². The smallest absolute Gasteiger partial charge is 0.289 e. The first-order valence-electron chi connectivity index (χ1n) is 16.1. The predicted octanol–water partition coefficient (Wildman–Crippen LogP) is 3.24. The molecule has 0 aromatic carbocycles. The van der Waals surface area contributed by atoms with E-state index in [1.807, 2.05) is 18.3 Å². The molecule has 5 aromatic heterocycles. The van der Waals surface area contributed by atoms with Crippen molar-refractivity contribution in [2.45, 2.75) is 38.3 Å². The molecule has 13 heteroatoms. The molecule has 5 aromatic rings. The Morgan fingerprint density at radius 2 is 1.85 bits per heavy atom. The number of pyridine rings is 3. The summed E-state index contributed by atoms with van der Waals surface area (Å²) in [6.07, 6.45) is 12.7. The average molecular weight is 653 g/mol. The highest BCUT2D eigenvalue weighted by atomic mass is 32.1. The fourth-order valence-corrected chi connectivity index (χ4v) is 8.20. The molecule has 2 aliphatic heterocycles. The van der Waals surface area contributed by atoms with E-state index in [0.717, 1.165) is 76.1 Å². The summed E-state index contributed by atoms with van der Waals surface area (Å²) < 4.78 is 8.85. The lowest BCUT2D eigenvalue weighted by atomic mass is 9.97. The van der Waals surface area contributed by atoms with Crippen molar-refractivity contribution < 1.29 is 9.84 Å². The van der Waals surface area contributed by atoms with Crippen molar-refractivity contribution in [3.8, 4) is 16.8 Å². The van der Waals surface area contributed by atoms with Crippen molar-refractivity contribution in [3.63, 3.8) is 0 Å². The van der Waals surface area contributed by atoms with Gasteiger partial charge in [-0.25, -0.2) is 4.98 Å². The van der Waals surface area contributed by atoms with Crippen molar-refractivity contribution in [2.24, 2.45) is 7.05 Å². The fourth-order valence-electron chi connectivity index (χ4n) is 6.91. The zero-order chi connectivity index (χ0) is 32.1. The van der Waals surface area contributed by atoms with Crippen LogP contribution in [-0.2, 0) is 31.2 Å². The van der Waals surface area contributed by atoms with Crippen LogP contribution >= 0.6 is 11.3 Å². The van der Waals surface area contributed by atoms with Crippen LogP contribution in [0.15, 0.2) is 58.8 Å². The predicted molar refractivity (Wildman–Crippen MR) is 182 cm³/mol. The number of aliphatic hydroxyl groups excluding tert-OH is 1. The molecule has 7 heterocycles. The molecule has 1 aliphatic carbocycles. The van der Waals surface area contributed by atoms with E-state index < -0.39 is 0 Å². The highest BCUT2D eigenvalue weighted by Gasteiger charge is 2.29. The Hall–Kier alpha value is -4.43. The minimum atomic E-state index is -0.350. The van der Waals surface area contributed by atoms with E-state index in [0.29, 0.717) is 44.6 Å². The molecule has 242 valence electrons. The van der Waals surface area contributed by atoms with Gasteiger partial charge in [-0.05, 0) is 49.4 Å². The Morgan fingerprint density at radius 1 is 1.02 bits per heavy atom. The number of anilines is 3. The lowest BCUT2D eigenvalue weighted by molar-refractivity contribution is -0.0660. The molecular formula is C34H36N8O4S. The number of piperazine rings is 1. The topological polar surface area (TPSA) is 131 Å². The second kappa shape index (κ2) is 12.3. The van der Waals surface area contributed by atoms with Crippen LogP contribution in [0.5, 0.6) is 0 Å². The fraction of sp³-hybridized carbons (Fsp3) is 0.382. The third kappa shape index (κ3) is 5.42. The molecule has 0 spiro atoms. The minimum Gasteiger partial charge on any atom is -0.392 e. The lowest BCUT2D eigenvalue weighted by Crippen LogP contribution is -2.56. The number of nitrogens with one attached hydrogen (secondary N) is 1. The lowest BCUT2D eigenvalue weighted by Gasteiger charge is -2.43. The maximum Gasteiger partial charge on any atom is 0.289 e. The molecule has 0 bridgehead atoms. The van der Waals surface area contributed by atoms with Gasteiger partial charge in [-0.15, -0.1) is 11.3 Å². The number of rotatable bonds is 7. The van der Waals surface area contributed by atoms with Gasteiger partial charge >= 0.3 is 0 Å². The quantitative estimate of drug-likeness (QED) is 0.270. The van der Waals surface area contributed by atoms with Gasteiger partial charge in [-0.2, -0.15) is 9.78 Å². The highest BCUT2D eigenvalue weighted by molar-refractivity contribution is 7.19. The molecule has 12 nitrogen and oxygen atoms in total. The molecular weight excluding hydrogens is 616 g/mol. The van der Waals surface area contributed by atoms with Crippen LogP contribution in [-0.4, -0.2) is 79.8 Å². The van der Waals surface area contributed by atoms with Crippen LogP contribution < -0.4 is 21.3 Å². The Morgan fingerprint density at radius 3 is 2.60 bits per heavy atom. The molecule has 0 unspecified atom stereocenters. The summed E-state index contributed by atoms with van der Waals surface area (Å²) >= 11 is 1.55. The van der Waals surface area contributed by atoms with Gasteiger partial charge in [-0.3, -0.25) is 19.5 Å². The summed E-state index contributed by atoms with van der Waals surface area (Å²) in [7, 11) is 1.68. The van der Waals surface area contributed by atoms with Crippen LogP contribution in [0.4, 0.5) is 17.2 Å². The van der Waals surface area contributed by atoms with Crippen LogP contribution in [0.25, 0.3) is 26.9 Å². The molecule has 3 aliphatic rings. The Bertz CT molecular complexity index is 2080. The largest absolute Gasteiger partial charge is 0.392 e. The Balaban J connectivity index is 1.07. The van der Waals surface area contributed by atoms with Gasteiger partial charge in [0.2, 0.25) is 0 Å². The van der Waals surface area contributed by atoms with E-state index in [-0.39, 0.29) is 17.7 Å². The molecule has 0 atom stereocenters. The van der Waals surface area contributed by atoms with E-state index in [1.54, 1.807) is 49.2 Å². The normalized spacial score (nSPS) is 17.1. The number of ether oxygens (including phenoxy) is 1. The molecule has 2 fully saturated rings. The van der Waals surface area contributed by atoms with Crippen LogP contribution in [0.2, 0.25) is 0 Å². The highest BCUT2D eigenvalue weighted by Crippen LogP contribution is 2.35. The zero-order valence-electron chi connectivity index (χ0n) is 26.2. The first-order chi connectivity index (χ1) is 23.0. The summed E-state index contributed by atoms with van der Waals surface area (Å²) in [6, 6.07) is 6.18. The number of thiophene rings is 1. The van der Waals surface area contributed by atoms with E-state index in [9.17, 15) is 14.7 Å². The van der Waals surface area contributed by atoms with Crippen LogP contribution in [0, 0.1) is 0 Å². The summed E-state index contributed by atoms with van der Waals surface area (Å²) in [6.45, 7) is 5.16. The summed E-state index contributed by atoms with van der Waals surface area (Å²) in [5.41, 5.74) is 4.32. The molecule has 2 N–H and O–H groups in total. The van der Waals surface area contributed by atoms with Gasteiger partial charge in [0, 0.05) is 72.6 Å². The molecule has 47 heavy (non-hydrogen) atoms. The zero-order valence-corrected chi connectivity index (χ0v) is 27.0. The van der Waals surface area contributed by atoms with Gasteiger partial charge in [0.25, 0.3) is 11.1 Å². The summed E-state index contributed by atoms with van der Waals surface area (Å²) in [5.74, 6) is 0.546. The second-order valence-electron chi connectivity index (χ2n) is 12.5. The van der Waals surface area contributed by atoms with E-state index in [4.69, 9.17) is 4.74 Å². The van der Waals surface area contributed by atoms with Crippen LogP contribution in [0.3, 0.4) is 0 Å². The monoisotopic (exact) mass is 652 g/mol. The Kier molecular flexibility index (Phi) is 7.84. The van der Waals surface area contributed by atoms with Crippen molar-refractivity contribution in [2.75, 3.05) is 49.6 Å². The van der Waals surface area contributed by atoms with E-state index in [2.05, 4.69) is 30.2 Å². The SMILES string of the molecule is Cn1cc(-c2cncc(-n3ncc4c5c(sc4c3=O)CCCC5)c2CO)cc(Nc2ccc(N3CCN(C4COC4)CC3)cn2)c1=O. The number of nitrogens with zero attached hydrogens (tertiary/aromatic N) is 7.